The van der Waals surface area contributed by atoms with Gasteiger partial charge in [0.25, 0.3) is 6.71 Å². The molecule has 0 N–H and O–H groups in total. The zero-order valence-electron chi connectivity index (χ0n) is 46.9. The van der Waals surface area contributed by atoms with Crippen LogP contribution in [0.2, 0.25) is 0 Å². The van der Waals surface area contributed by atoms with E-state index < -0.39 is 0 Å². The third-order valence-electron chi connectivity index (χ3n) is 17.9. The van der Waals surface area contributed by atoms with Crippen molar-refractivity contribution in [3.05, 3.63) is 242 Å². The zero-order chi connectivity index (χ0) is 56.7. The van der Waals surface area contributed by atoms with Gasteiger partial charge in [0, 0.05) is 77.7 Å². The van der Waals surface area contributed by atoms with Crippen LogP contribution < -0.4 is 71.5 Å². The van der Waals surface area contributed by atoms with Crippen LogP contribution in [-0.2, 0) is 5.41 Å². The van der Waals surface area contributed by atoms with Crippen molar-refractivity contribution in [3.8, 4) is 46.0 Å². The van der Waals surface area contributed by atoms with E-state index in [4.69, 9.17) is 23.4 Å². The molecule has 406 valence electrons. The number of furan rings is 1. The lowest BCUT2D eigenvalue weighted by molar-refractivity contribution is 0.423. The molecule has 11 aromatic carbocycles. The maximum atomic E-state index is 7.44. The molecule has 0 aliphatic carbocycles. The summed E-state index contributed by atoms with van der Waals surface area (Å²) in [5.41, 5.74) is 18.3. The number of rotatable bonds is 4. The Labute approximate surface area is 500 Å². The van der Waals surface area contributed by atoms with Crippen molar-refractivity contribution in [1.29, 1.82) is 0 Å². The summed E-state index contributed by atoms with van der Waals surface area (Å²) >= 11 is 1.77. The lowest BCUT2D eigenvalue weighted by Gasteiger charge is -2.41. The van der Waals surface area contributed by atoms with Gasteiger partial charge in [-0.2, -0.15) is 0 Å². The predicted octanol–water partition coefficient (Wildman–Crippen LogP) is 16.9. The molecule has 0 atom stereocenters. The molecule has 0 fully saturated rings. The number of hydrogen-bond donors (Lipinski definition) is 0. The Hall–Kier alpha value is -10.6. The van der Waals surface area contributed by atoms with Crippen LogP contribution in [0, 0.1) is 0 Å². The molecule has 0 saturated heterocycles. The van der Waals surface area contributed by atoms with E-state index in [-0.39, 0.29) is 18.8 Å². The SMILES string of the molecule is CC(C)(C)c1cc2c(o1)B1c3cc4c(cc3Oc3cc(N5c6ccccc6Oc6ccccc65)cc(c31)N2c1ccccc1)sc1cc2c(cc14)B1c3ccccc3N(c3ccccc3)c3cc(N4c5ccccc5Oc5ccccc54)cc(c31)O2. The fourth-order valence-corrected chi connectivity index (χ4v) is 15.4. The maximum absolute atomic E-state index is 7.44. The highest BCUT2D eigenvalue weighted by Crippen LogP contribution is 2.56. The third kappa shape index (κ3) is 6.78. The first-order valence-corrected chi connectivity index (χ1v) is 30.1. The van der Waals surface area contributed by atoms with Crippen LogP contribution in [0.1, 0.15) is 26.5 Å². The van der Waals surface area contributed by atoms with Crippen LogP contribution in [0.3, 0.4) is 0 Å². The topological polar surface area (TPSA) is 63.0 Å². The van der Waals surface area contributed by atoms with Gasteiger partial charge in [-0.3, -0.25) is 0 Å². The van der Waals surface area contributed by atoms with Gasteiger partial charge in [0.2, 0.25) is 0 Å². The molecule has 6 aliphatic rings. The Morgan fingerprint density at radius 1 is 0.314 bits per heavy atom. The van der Waals surface area contributed by atoms with Crippen molar-refractivity contribution in [2.45, 2.75) is 26.2 Å². The number of ether oxygens (including phenoxy) is 4. The number of fused-ring (bicyclic) bond motifs is 15. The predicted molar refractivity (Wildman–Crippen MR) is 352 cm³/mol. The van der Waals surface area contributed by atoms with Gasteiger partial charge in [-0.15, -0.1) is 11.3 Å². The van der Waals surface area contributed by atoms with Crippen molar-refractivity contribution in [3.63, 3.8) is 0 Å². The minimum absolute atomic E-state index is 0.142. The monoisotopic (exact) mass is 1130 g/mol. The first-order valence-electron chi connectivity index (χ1n) is 29.3. The second kappa shape index (κ2) is 17.5. The van der Waals surface area contributed by atoms with Crippen LogP contribution in [0.15, 0.2) is 241 Å². The molecule has 9 nitrogen and oxygen atoms in total. The average Bonchev–Trinajstić information content (AvgIpc) is 1.19. The Morgan fingerprint density at radius 2 is 0.709 bits per heavy atom. The van der Waals surface area contributed by atoms with E-state index in [9.17, 15) is 0 Å². The highest BCUT2D eigenvalue weighted by Gasteiger charge is 2.48. The summed E-state index contributed by atoms with van der Waals surface area (Å²) < 4.78 is 37.5. The molecule has 6 aliphatic heterocycles. The average molecular weight is 1130 g/mol. The smallest absolute Gasteiger partial charge is 0.301 e. The number of nitrogens with zero attached hydrogens (tertiary/aromatic N) is 4. The fraction of sp³-hybridized carbons (Fsp3) is 0.0541. The van der Waals surface area contributed by atoms with E-state index in [0.717, 1.165) is 162 Å². The molecule has 86 heavy (non-hydrogen) atoms. The number of thiophene rings is 1. The van der Waals surface area contributed by atoms with Crippen molar-refractivity contribution in [2.24, 2.45) is 0 Å². The highest BCUT2D eigenvalue weighted by atomic mass is 32.1. The van der Waals surface area contributed by atoms with E-state index in [1.807, 2.05) is 48.5 Å². The molecule has 12 heteroatoms. The van der Waals surface area contributed by atoms with Gasteiger partial charge >= 0.3 is 6.71 Å². The minimum atomic E-state index is -0.295. The van der Waals surface area contributed by atoms with Gasteiger partial charge in [0.15, 0.2) is 23.0 Å². The van der Waals surface area contributed by atoms with Crippen molar-refractivity contribution >= 4 is 146 Å². The van der Waals surface area contributed by atoms with Crippen LogP contribution in [0.4, 0.5) is 68.2 Å². The Bertz CT molecular complexity index is 4990. The second-order valence-corrected chi connectivity index (χ2v) is 25.0. The van der Waals surface area contributed by atoms with Gasteiger partial charge in [0.05, 0.1) is 45.5 Å². The molecule has 13 aromatic rings. The number of anilines is 12. The van der Waals surface area contributed by atoms with Crippen LogP contribution in [0.5, 0.6) is 46.0 Å². The normalized spacial score (nSPS) is 14.2. The number of hydrogen-bond acceptors (Lipinski definition) is 10. The molecule has 8 heterocycles. The van der Waals surface area contributed by atoms with E-state index in [2.05, 4.69) is 228 Å². The van der Waals surface area contributed by atoms with Gasteiger partial charge in [-0.05, 0) is 125 Å². The molecule has 0 radical (unpaired) electrons. The van der Waals surface area contributed by atoms with Gasteiger partial charge in [0.1, 0.15) is 28.8 Å². The zero-order valence-corrected chi connectivity index (χ0v) is 47.7. The molecular weight excluding hydrogens is 1080 g/mol. The van der Waals surface area contributed by atoms with Gasteiger partial charge < -0.3 is 43.0 Å². The number of benzene rings is 11. The van der Waals surface area contributed by atoms with Gasteiger partial charge in [-0.25, -0.2) is 0 Å². The summed E-state index contributed by atoms with van der Waals surface area (Å²) in [5, 5.41) is 2.33. The van der Waals surface area contributed by atoms with Crippen LogP contribution in [-0.4, -0.2) is 13.4 Å². The van der Waals surface area contributed by atoms with Crippen LogP contribution >= 0.6 is 11.3 Å². The van der Waals surface area contributed by atoms with E-state index >= 15 is 0 Å². The highest BCUT2D eigenvalue weighted by molar-refractivity contribution is 7.26. The van der Waals surface area contributed by atoms with E-state index in [0.29, 0.717) is 0 Å². The third-order valence-corrected chi connectivity index (χ3v) is 19.1. The first kappa shape index (κ1) is 47.9. The summed E-state index contributed by atoms with van der Waals surface area (Å²) in [4.78, 5) is 9.40. The summed E-state index contributed by atoms with van der Waals surface area (Å²) in [6.07, 6.45) is 0. The largest absolute Gasteiger partial charge is 0.473 e. The molecule has 0 saturated carbocycles. The summed E-state index contributed by atoms with van der Waals surface area (Å²) in [6, 6.07) is 84.1. The Kier molecular flexibility index (Phi) is 9.75. The molecule has 0 unspecified atom stereocenters. The van der Waals surface area contributed by atoms with Crippen LogP contribution in [0.25, 0.3) is 20.2 Å². The molecule has 0 spiro atoms. The molecule has 19 rings (SSSR count). The molecule has 0 amide bonds. The molecule has 2 aromatic heterocycles. The lowest BCUT2D eigenvalue weighted by Crippen LogP contribution is -2.59. The standard InChI is InChI=1S/C74H48B2N4O5S/c1-74(2,3)70-40-59-73(85-70)76-51-39-48-47-38-50-64(83-66-36-45(79-53-26-12-16-30-60(53)81-61-31-17-13-27-54(61)79)34-57-71(66)75(50)49-24-10-11-25-52(49)77(57)43-20-6-4-7-21-43)41-68(47)86-69(48)42-65(51)84-67-37-46(35-58(72(67)76)78(59)44-22-8-5-9-23-44)80-55-28-14-18-32-62(55)82-63-33-19-15-29-56(63)80/h4-42H,1-3H3. The molecular formula is C74H48B2N4O5S. The summed E-state index contributed by atoms with van der Waals surface area (Å²) in [5.74, 6) is 7.32. The quantitative estimate of drug-likeness (QED) is 0.160. The lowest BCUT2D eigenvalue weighted by atomic mass is 9.34. The maximum Gasteiger partial charge on any atom is 0.301 e. The van der Waals surface area contributed by atoms with Gasteiger partial charge in [-0.1, -0.05) is 136 Å². The summed E-state index contributed by atoms with van der Waals surface area (Å²) in [7, 11) is 0. The van der Waals surface area contributed by atoms with E-state index in [1.54, 1.807) is 11.3 Å². The van der Waals surface area contributed by atoms with Crippen molar-refractivity contribution in [2.75, 3.05) is 19.6 Å². The number of para-hydroxylation sites is 11. The Balaban J connectivity index is 0.821. The first-order chi connectivity index (χ1) is 42.3. The second-order valence-electron chi connectivity index (χ2n) is 24.0. The van der Waals surface area contributed by atoms with E-state index in [1.165, 1.54) is 10.8 Å². The van der Waals surface area contributed by atoms with Crippen molar-refractivity contribution in [1.82, 2.24) is 0 Å². The fourth-order valence-electron chi connectivity index (χ4n) is 14.2. The molecule has 0 bridgehead atoms. The minimum Gasteiger partial charge on any atom is -0.473 e. The van der Waals surface area contributed by atoms with Crippen molar-refractivity contribution < 1.29 is 23.4 Å². The Morgan fingerprint density at radius 3 is 1.20 bits per heavy atom. The summed E-state index contributed by atoms with van der Waals surface area (Å²) in [6.45, 7) is 6.24.